The van der Waals surface area contributed by atoms with Gasteiger partial charge in [0.05, 0.1) is 34.7 Å². The van der Waals surface area contributed by atoms with E-state index < -0.39 is 0 Å². The molecule has 2 aromatic heterocycles. The number of aromatic nitrogens is 2. The molecule has 0 amide bonds. The van der Waals surface area contributed by atoms with Crippen molar-refractivity contribution < 1.29 is 9.47 Å². The van der Waals surface area contributed by atoms with Gasteiger partial charge in [-0.1, -0.05) is 0 Å². The zero-order valence-corrected chi connectivity index (χ0v) is 12.7. The van der Waals surface area contributed by atoms with Crippen molar-refractivity contribution in [2.45, 2.75) is 0 Å². The lowest BCUT2D eigenvalue weighted by Crippen LogP contribution is -2.38. The molecule has 102 valence electrons. The van der Waals surface area contributed by atoms with Gasteiger partial charge in [0.2, 0.25) is 0 Å². The Morgan fingerprint density at radius 3 is 3.00 bits per heavy atom. The van der Waals surface area contributed by atoms with Gasteiger partial charge in [0.25, 0.3) is 0 Å². The van der Waals surface area contributed by atoms with E-state index in [-0.39, 0.29) is 0 Å². The third kappa shape index (κ3) is 3.18. The van der Waals surface area contributed by atoms with Crippen molar-refractivity contribution in [3.8, 4) is 5.75 Å². The highest BCUT2D eigenvalue weighted by Crippen LogP contribution is 2.17. The maximum atomic E-state index is 5.78. The topological polar surface area (TPSA) is 39.0 Å². The SMILES string of the molecule is Ic1cnn2cc(OCCN3CCOCC3)ccc12. The molecule has 0 unspecified atom stereocenters. The van der Waals surface area contributed by atoms with Crippen LogP contribution in [0.25, 0.3) is 5.52 Å². The van der Waals surface area contributed by atoms with E-state index in [1.807, 2.05) is 29.0 Å². The number of ether oxygens (including phenoxy) is 2. The third-order valence-electron chi connectivity index (χ3n) is 3.22. The molecule has 3 heterocycles. The minimum absolute atomic E-state index is 0.698. The van der Waals surface area contributed by atoms with Crippen LogP contribution in [0.5, 0.6) is 5.75 Å². The van der Waals surface area contributed by atoms with Crippen LogP contribution >= 0.6 is 22.6 Å². The molecule has 1 aliphatic heterocycles. The van der Waals surface area contributed by atoms with Gasteiger partial charge >= 0.3 is 0 Å². The summed E-state index contributed by atoms with van der Waals surface area (Å²) in [5.41, 5.74) is 1.11. The zero-order valence-electron chi connectivity index (χ0n) is 10.6. The van der Waals surface area contributed by atoms with Gasteiger partial charge in [-0.25, -0.2) is 4.52 Å². The van der Waals surface area contributed by atoms with Crippen LogP contribution in [0.15, 0.2) is 24.5 Å². The summed E-state index contributed by atoms with van der Waals surface area (Å²) >= 11 is 2.28. The molecule has 0 spiro atoms. The summed E-state index contributed by atoms with van der Waals surface area (Å²) in [6.45, 7) is 5.30. The molecule has 0 saturated carbocycles. The summed E-state index contributed by atoms with van der Waals surface area (Å²) in [6.07, 6.45) is 3.78. The zero-order chi connectivity index (χ0) is 13.1. The maximum Gasteiger partial charge on any atom is 0.137 e. The number of fused-ring (bicyclic) bond motifs is 1. The Balaban J connectivity index is 1.56. The predicted molar refractivity (Wildman–Crippen MR) is 80.7 cm³/mol. The number of morpholine rings is 1. The van der Waals surface area contributed by atoms with Crippen LogP contribution in [-0.2, 0) is 4.74 Å². The Bertz CT molecular complexity index is 552. The quantitative estimate of drug-likeness (QED) is 0.765. The molecule has 5 nitrogen and oxygen atoms in total. The van der Waals surface area contributed by atoms with Gasteiger partial charge in [0, 0.05) is 19.6 Å². The Kier molecular flexibility index (Phi) is 4.19. The highest BCUT2D eigenvalue weighted by molar-refractivity contribution is 14.1. The van der Waals surface area contributed by atoms with E-state index in [1.54, 1.807) is 0 Å². The Labute approximate surface area is 125 Å². The molecule has 6 heteroatoms. The van der Waals surface area contributed by atoms with E-state index in [0.29, 0.717) is 6.61 Å². The van der Waals surface area contributed by atoms with Gasteiger partial charge in [-0.15, -0.1) is 0 Å². The molecule has 0 aromatic carbocycles. The predicted octanol–water partition coefficient (Wildman–Crippen LogP) is 1.65. The molecule has 0 N–H and O–H groups in total. The highest BCUT2D eigenvalue weighted by atomic mass is 127. The molecule has 0 radical (unpaired) electrons. The van der Waals surface area contributed by atoms with E-state index in [0.717, 1.165) is 47.7 Å². The van der Waals surface area contributed by atoms with Crippen molar-refractivity contribution in [2.75, 3.05) is 39.5 Å². The fraction of sp³-hybridized carbons (Fsp3) is 0.462. The summed E-state index contributed by atoms with van der Waals surface area (Å²) in [5.74, 6) is 0.861. The minimum atomic E-state index is 0.698. The van der Waals surface area contributed by atoms with Crippen molar-refractivity contribution >= 4 is 28.1 Å². The van der Waals surface area contributed by atoms with Crippen molar-refractivity contribution in [3.05, 3.63) is 28.1 Å². The van der Waals surface area contributed by atoms with Crippen LogP contribution in [0.4, 0.5) is 0 Å². The van der Waals surface area contributed by atoms with Crippen LogP contribution in [-0.4, -0.2) is 54.0 Å². The number of hydrogen-bond donors (Lipinski definition) is 0. The first-order valence-electron chi connectivity index (χ1n) is 6.39. The third-order valence-corrected chi connectivity index (χ3v) is 4.05. The first-order valence-corrected chi connectivity index (χ1v) is 7.46. The van der Waals surface area contributed by atoms with Crippen LogP contribution in [0.3, 0.4) is 0 Å². The molecule has 1 saturated heterocycles. The molecule has 3 rings (SSSR count). The second kappa shape index (κ2) is 6.06. The number of hydrogen-bond acceptors (Lipinski definition) is 4. The lowest BCUT2D eigenvalue weighted by Gasteiger charge is -2.26. The van der Waals surface area contributed by atoms with E-state index in [9.17, 15) is 0 Å². The first-order chi connectivity index (χ1) is 9.33. The molecule has 1 aliphatic rings. The van der Waals surface area contributed by atoms with Crippen molar-refractivity contribution in [3.63, 3.8) is 0 Å². The number of nitrogens with zero attached hydrogens (tertiary/aromatic N) is 3. The summed E-state index contributed by atoms with van der Waals surface area (Å²) in [6, 6.07) is 4.04. The smallest absolute Gasteiger partial charge is 0.137 e. The van der Waals surface area contributed by atoms with Crippen molar-refractivity contribution in [1.82, 2.24) is 14.5 Å². The molecule has 19 heavy (non-hydrogen) atoms. The van der Waals surface area contributed by atoms with E-state index in [2.05, 4.69) is 32.6 Å². The summed E-state index contributed by atoms with van der Waals surface area (Å²) < 4.78 is 14.1. The average molecular weight is 373 g/mol. The number of halogens is 1. The lowest BCUT2D eigenvalue weighted by atomic mass is 10.4. The fourth-order valence-electron chi connectivity index (χ4n) is 2.14. The van der Waals surface area contributed by atoms with Gasteiger partial charge in [-0.3, -0.25) is 4.90 Å². The molecular weight excluding hydrogens is 357 g/mol. The van der Waals surface area contributed by atoms with E-state index in [1.165, 1.54) is 0 Å². The lowest BCUT2D eigenvalue weighted by molar-refractivity contribution is 0.0322. The van der Waals surface area contributed by atoms with Gasteiger partial charge in [-0.2, -0.15) is 5.10 Å². The molecular formula is C13H16IN3O2. The average Bonchev–Trinajstić information content (AvgIpc) is 2.81. The molecule has 1 fully saturated rings. The molecule has 0 aliphatic carbocycles. The maximum absolute atomic E-state index is 5.78. The van der Waals surface area contributed by atoms with Crippen LogP contribution in [0.1, 0.15) is 0 Å². The number of pyridine rings is 1. The van der Waals surface area contributed by atoms with Gasteiger partial charge in [0.1, 0.15) is 12.4 Å². The first kappa shape index (κ1) is 13.1. The van der Waals surface area contributed by atoms with Crippen molar-refractivity contribution in [2.24, 2.45) is 0 Å². The van der Waals surface area contributed by atoms with Crippen molar-refractivity contribution in [1.29, 1.82) is 0 Å². The monoisotopic (exact) mass is 373 g/mol. The molecule has 2 aromatic rings. The second-order valence-corrected chi connectivity index (χ2v) is 5.65. The van der Waals surface area contributed by atoms with Gasteiger partial charge in [-0.05, 0) is 34.7 Å². The van der Waals surface area contributed by atoms with E-state index >= 15 is 0 Å². The van der Waals surface area contributed by atoms with Gasteiger partial charge < -0.3 is 9.47 Å². The Morgan fingerprint density at radius 1 is 1.32 bits per heavy atom. The second-order valence-electron chi connectivity index (χ2n) is 4.49. The summed E-state index contributed by atoms with van der Waals surface area (Å²) in [5, 5.41) is 4.28. The molecule has 0 bridgehead atoms. The van der Waals surface area contributed by atoms with Gasteiger partial charge in [0.15, 0.2) is 0 Å². The van der Waals surface area contributed by atoms with Crippen LogP contribution in [0.2, 0.25) is 0 Å². The summed E-state index contributed by atoms with van der Waals surface area (Å²) in [7, 11) is 0. The highest BCUT2D eigenvalue weighted by Gasteiger charge is 2.10. The fourth-order valence-corrected chi connectivity index (χ4v) is 2.69. The van der Waals surface area contributed by atoms with Crippen LogP contribution in [0, 0.1) is 3.57 Å². The minimum Gasteiger partial charge on any atom is -0.491 e. The summed E-state index contributed by atoms with van der Waals surface area (Å²) in [4.78, 5) is 2.36. The number of rotatable bonds is 4. The Morgan fingerprint density at radius 2 is 2.16 bits per heavy atom. The normalized spacial score (nSPS) is 16.9. The Hall–Kier alpha value is -0.860. The molecule has 0 atom stereocenters. The largest absolute Gasteiger partial charge is 0.491 e. The standard InChI is InChI=1S/C13H16IN3O2/c14-12-9-15-17-10-11(1-2-13(12)17)19-8-5-16-3-6-18-7-4-16/h1-2,9-10H,3-8H2. The van der Waals surface area contributed by atoms with Crippen LogP contribution < -0.4 is 4.74 Å². The van der Waals surface area contributed by atoms with E-state index in [4.69, 9.17) is 9.47 Å².